The first kappa shape index (κ1) is 22.6. The van der Waals surface area contributed by atoms with Crippen LogP contribution in [0.2, 0.25) is 0 Å². The number of benzene rings is 1. The van der Waals surface area contributed by atoms with E-state index in [-0.39, 0.29) is 35.1 Å². The molecule has 0 atom stereocenters. The highest BCUT2D eigenvalue weighted by molar-refractivity contribution is 5.94. The van der Waals surface area contributed by atoms with Crippen molar-refractivity contribution in [1.82, 2.24) is 19.9 Å². The number of nitrogens with zero attached hydrogens (tertiary/aromatic N) is 3. The third-order valence-electron chi connectivity index (χ3n) is 4.28. The van der Waals surface area contributed by atoms with Gasteiger partial charge in [-0.3, -0.25) is 4.79 Å². The van der Waals surface area contributed by atoms with Gasteiger partial charge in [-0.15, -0.1) is 0 Å². The molecule has 0 radical (unpaired) electrons. The maximum atomic E-state index is 14.5. The van der Waals surface area contributed by atoms with Gasteiger partial charge in [0.05, 0.1) is 25.2 Å². The summed E-state index contributed by atoms with van der Waals surface area (Å²) in [6.45, 7) is -0.620. The number of hydrogen-bond donors (Lipinski definition) is 4. The Labute approximate surface area is 183 Å². The number of aliphatic hydroxyl groups is 2. The Morgan fingerprint density at radius 1 is 1.31 bits per heavy atom. The summed E-state index contributed by atoms with van der Waals surface area (Å²) in [6.07, 6.45) is 7.52. The molecular weight excluding hydrogens is 421 g/mol. The summed E-state index contributed by atoms with van der Waals surface area (Å²) in [7, 11) is 2.79. The largest absolute Gasteiger partial charge is 0.508 e. The van der Waals surface area contributed by atoms with E-state index in [0.29, 0.717) is 17.4 Å². The topological polar surface area (TPSA) is 131 Å². The Hall–Kier alpha value is -4.12. The van der Waals surface area contributed by atoms with E-state index in [9.17, 15) is 14.3 Å². The fourth-order valence-corrected chi connectivity index (χ4v) is 2.71. The van der Waals surface area contributed by atoms with E-state index in [4.69, 9.17) is 14.6 Å². The maximum absolute atomic E-state index is 14.5. The molecule has 32 heavy (non-hydrogen) atoms. The van der Waals surface area contributed by atoms with Gasteiger partial charge in [0.25, 0.3) is 5.91 Å². The van der Waals surface area contributed by atoms with Gasteiger partial charge in [0, 0.05) is 36.8 Å². The molecule has 0 unspecified atom stereocenters. The monoisotopic (exact) mass is 443 g/mol. The molecule has 2 heterocycles. The zero-order valence-corrected chi connectivity index (χ0v) is 17.4. The predicted octanol–water partition coefficient (Wildman–Crippen LogP) is 2.46. The summed E-state index contributed by atoms with van der Waals surface area (Å²) >= 11 is 0. The Kier molecular flexibility index (Phi) is 7.24. The number of amides is 1. The van der Waals surface area contributed by atoms with Gasteiger partial charge in [0.1, 0.15) is 19.0 Å². The van der Waals surface area contributed by atoms with Gasteiger partial charge >= 0.3 is 0 Å². The van der Waals surface area contributed by atoms with Crippen molar-refractivity contribution < 1.29 is 28.9 Å². The summed E-state index contributed by atoms with van der Waals surface area (Å²) in [5.41, 5.74) is 1.04. The Bertz CT molecular complexity index is 1110. The SMILES string of the molecule is CNC(=O)c1cc(COc2cnc(Nc3ccn(/C=C(\O)CO)c3)nc2)c(F)c(OC)c1. The Balaban J connectivity index is 1.66. The van der Waals surface area contributed by atoms with Crippen molar-refractivity contribution in [3.63, 3.8) is 0 Å². The molecule has 0 saturated carbocycles. The van der Waals surface area contributed by atoms with Crippen LogP contribution in [0.1, 0.15) is 15.9 Å². The van der Waals surface area contributed by atoms with Crippen LogP contribution in [0.5, 0.6) is 11.5 Å². The van der Waals surface area contributed by atoms with Gasteiger partial charge in [-0.1, -0.05) is 0 Å². The second kappa shape index (κ2) is 10.3. The quantitative estimate of drug-likeness (QED) is 0.371. The summed E-state index contributed by atoms with van der Waals surface area (Å²) in [5.74, 6) is -0.647. The van der Waals surface area contributed by atoms with E-state index in [1.165, 1.54) is 44.9 Å². The number of methoxy groups -OCH3 is 1. The van der Waals surface area contributed by atoms with Crippen LogP contribution >= 0.6 is 0 Å². The molecule has 3 rings (SSSR count). The van der Waals surface area contributed by atoms with Gasteiger partial charge in [-0.2, -0.15) is 0 Å². The van der Waals surface area contributed by atoms with Crippen LogP contribution < -0.4 is 20.1 Å². The average Bonchev–Trinajstić information content (AvgIpc) is 3.25. The van der Waals surface area contributed by atoms with Gasteiger partial charge in [0.2, 0.25) is 5.95 Å². The number of ether oxygens (including phenoxy) is 2. The normalized spacial score (nSPS) is 11.2. The number of aliphatic hydroxyl groups excluding tert-OH is 2. The van der Waals surface area contributed by atoms with Gasteiger partial charge in [-0.25, -0.2) is 14.4 Å². The zero-order valence-electron chi connectivity index (χ0n) is 17.4. The van der Waals surface area contributed by atoms with Crippen LogP contribution in [-0.2, 0) is 6.61 Å². The Morgan fingerprint density at radius 2 is 2.06 bits per heavy atom. The van der Waals surface area contributed by atoms with E-state index in [2.05, 4.69) is 20.6 Å². The van der Waals surface area contributed by atoms with Crippen molar-refractivity contribution in [3.8, 4) is 11.5 Å². The summed E-state index contributed by atoms with van der Waals surface area (Å²) < 4.78 is 26.6. The molecule has 1 aromatic carbocycles. The zero-order chi connectivity index (χ0) is 23.1. The van der Waals surface area contributed by atoms with Crippen LogP contribution in [0.4, 0.5) is 16.0 Å². The number of carbonyl (C=O) groups is 1. The smallest absolute Gasteiger partial charge is 0.251 e. The lowest BCUT2D eigenvalue weighted by atomic mass is 10.1. The number of carbonyl (C=O) groups excluding carboxylic acids is 1. The number of rotatable bonds is 9. The van der Waals surface area contributed by atoms with Crippen LogP contribution in [0.15, 0.2) is 48.7 Å². The molecular formula is C21H22FN5O5. The van der Waals surface area contributed by atoms with Crippen molar-refractivity contribution in [3.05, 3.63) is 65.7 Å². The van der Waals surface area contributed by atoms with Crippen molar-refractivity contribution in [1.29, 1.82) is 0 Å². The molecule has 0 aliphatic rings. The third-order valence-corrected chi connectivity index (χ3v) is 4.28. The van der Waals surface area contributed by atoms with Crippen molar-refractivity contribution in [2.75, 3.05) is 26.1 Å². The van der Waals surface area contributed by atoms with Gasteiger partial charge in [0.15, 0.2) is 17.3 Å². The lowest BCUT2D eigenvalue weighted by Gasteiger charge is -2.12. The minimum atomic E-state index is -0.620. The number of nitrogens with one attached hydrogen (secondary N) is 2. The highest BCUT2D eigenvalue weighted by Gasteiger charge is 2.15. The average molecular weight is 443 g/mol. The molecule has 0 bridgehead atoms. The van der Waals surface area contributed by atoms with Crippen molar-refractivity contribution in [2.45, 2.75) is 6.61 Å². The minimum absolute atomic E-state index is 0.0606. The summed E-state index contributed by atoms with van der Waals surface area (Å²) in [4.78, 5) is 20.2. The van der Waals surface area contributed by atoms with E-state index < -0.39 is 12.4 Å². The first-order valence-corrected chi connectivity index (χ1v) is 9.41. The predicted molar refractivity (Wildman–Crippen MR) is 114 cm³/mol. The second-order valence-corrected chi connectivity index (χ2v) is 6.51. The first-order chi connectivity index (χ1) is 15.4. The molecule has 3 aromatic rings. The number of halogens is 1. The third kappa shape index (κ3) is 5.52. The lowest BCUT2D eigenvalue weighted by molar-refractivity contribution is 0.0962. The fraction of sp³-hybridized carbons (Fsp3) is 0.190. The fourth-order valence-electron chi connectivity index (χ4n) is 2.71. The van der Waals surface area contributed by atoms with Crippen LogP contribution in [0.25, 0.3) is 6.20 Å². The molecule has 4 N–H and O–H groups in total. The van der Waals surface area contributed by atoms with E-state index >= 15 is 0 Å². The number of anilines is 2. The number of aromatic nitrogens is 3. The first-order valence-electron chi connectivity index (χ1n) is 9.41. The highest BCUT2D eigenvalue weighted by Crippen LogP contribution is 2.24. The van der Waals surface area contributed by atoms with E-state index in [1.807, 2.05) is 0 Å². The molecule has 0 spiro atoms. The highest BCUT2D eigenvalue weighted by atomic mass is 19.1. The molecule has 168 valence electrons. The van der Waals surface area contributed by atoms with E-state index in [1.54, 1.807) is 23.0 Å². The number of hydrogen-bond acceptors (Lipinski definition) is 8. The van der Waals surface area contributed by atoms with Crippen LogP contribution in [-0.4, -0.2) is 51.4 Å². The molecule has 10 nitrogen and oxygen atoms in total. The molecule has 2 aromatic heterocycles. The van der Waals surface area contributed by atoms with Gasteiger partial charge in [-0.05, 0) is 18.2 Å². The molecule has 0 aliphatic heterocycles. The van der Waals surface area contributed by atoms with Crippen LogP contribution in [0, 0.1) is 5.82 Å². The maximum Gasteiger partial charge on any atom is 0.251 e. The Morgan fingerprint density at radius 3 is 2.72 bits per heavy atom. The summed E-state index contributed by atoms with van der Waals surface area (Å²) in [6, 6.07) is 4.43. The summed E-state index contributed by atoms with van der Waals surface area (Å²) in [5, 5.41) is 23.7. The lowest BCUT2D eigenvalue weighted by Crippen LogP contribution is -2.18. The molecule has 0 fully saturated rings. The van der Waals surface area contributed by atoms with Crippen molar-refractivity contribution >= 4 is 23.7 Å². The van der Waals surface area contributed by atoms with E-state index in [0.717, 1.165) is 0 Å². The van der Waals surface area contributed by atoms with Crippen molar-refractivity contribution in [2.24, 2.45) is 0 Å². The molecule has 1 amide bonds. The molecule has 0 saturated heterocycles. The second-order valence-electron chi connectivity index (χ2n) is 6.51. The standard InChI is InChI=1S/C21H22FN5O5/c1-23-20(30)13-5-14(19(22)18(6-13)31-2)12-32-17-7-24-21(25-8-17)26-15-3-4-27(9-15)10-16(29)11-28/h3-10,28-29H,11-12H2,1-2H3,(H,23,30)(H,24,25,26)/b16-10-. The minimum Gasteiger partial charge on any atom is -0.508 e. The van der Waals surface area contributed by atoms with Gasteiger partial charge < -0.3 is 34.9 Å². The molecule has 11 heteroatoms. The molecule has 0 aliphatic carbocycles. The van der Waals surface area contributed by atoms with Crippen LogP contribution in [0.3, 0.4) is 0 Å².